The van der Waals surface area contributed by atoms with Gasteiger partial charge < -0.3 is 10.2 Å². The molecule has 102 valence electrons. The largest absolute Gasteiger partial charge is 0.370 e. The number of piperazine rings is 1. The van der Waals surface area contributed by atoms with Crippen molar-refractivity contribution in [1.82, 2.24) is 14.9 Å². The summed E-state index contributed by atoms with van der Waals surface area (Å²) < 4.78 is 0. The summed E-state index contributed by atoms with van der Waals surface area (Å²) in [4.78, 5) is 13.1. The smallest absolute Gasteiger partial charge is 0.134 e. The van der Waals surface area contributed by atoms with Crippen molar-refractivity contribution < 1.29 is 0 Å². The lowest BCUT2D eigenvalue weighted by Gasteiger charge is -2.35. The van der Waals surface area contributed by atoms with E-state index in [1.165, 1.54) is 0 Å². The van der Waals surface area contributed by atoms with Crippen molar-refractivity contribution in [2.75, 3.05) is 49.5 Å². The van der Waals surface area contributed by atoms with Crippen molar-refractivity contribution >= 4 is 11.6 Å². The van der Waals surface area contributed by atoms with E-state index in [9.17, 15) is 0 Å². The molecule has 1 saturated heterocycles. The van der Waals surface area contributed by atoms with Gasteiger partial charge in [0.2, 0.25) is 0 Å². The summed E-state index contributed by atoms with van der Waals surface area (Å²) in [7, 11) is 0. The monoisotopic (exact) mass is 260 g/mol. The summed E-state index contributed by atoms with van der Waals surface area (Å²) in [6.07, 6.45) is 2.22. The van der Waals surface area contributed by atoms with E-state index in [1.807, 2.05) is 6.07 Å². The van der Waals surface area contributed by atoms with Crippen molar-refractivity contribution in [3.8, 4) is 6.07 Å². The molecule has 0 atom stereocenters. The molecule has 0 bridgehead atoms. The highest BCUT2D eigenvalue weighted by molar-refractivity contribution is 5.48. The molecular formula is C13H20N6. The van der Waals surface area contributed by atoms with E-state index in [0.717, 1.165) is 50.9 Å². The molecule has 2 rings (SSSR count). The summed E-state index contributed by atoms with van der Waals surface area (Å²) in [5, 5.41) is 11.8. The van der Waals surface area contributed by atoms with Crippen LogP contribution in [0.15, 0.2) is 12.4 Å². The zero-order valence-corrected chi connectivity index (χ0v) is 11.3. The summed E-state index contributed by atoms with van der Waals surface area (Å²) >= 11 is 0. The molecule has 0 amide bonds. The van der Waals surface area contributed by atoms with Crippen molar-refractivity contribution in [2.24, 2.45) is 0 Å². The predicted octanol–water partition coefficient (Wildman–Crippen LogP) is 0.944. The lowest BCUT2D eigenvalue weighted by atomic mass is 10.3. The molecule has 1 fully saturated rings. The molecule has 1 N–H and O–H groups in total. The minimum absolute atomic E-state index is 0.609. The number of nitriles is 1. The second-order valence-electron chi connectivity index (χ2n) is 4.53. The van der Waals surface area contributed by atoms with E-state index in [-0.39, 0.29) is 0 Å². The van der Waals surface area contributed by atoms with Crippen LogP contribution in [0.2, 0.25) is 0 Å². The third kappa shape index (κ3) is 3.80. The molecule has 0 saturated carbocycles. The molecule has 1 aromatic rings. The zero-order chi connectivity index (χ0) is 13.5. The van der Waals surface area contributed by atoms with E-state index in [4.69, 9.17) is 5.26 Å². The van der Waals surface area contributed by atoms with Gasteiger partial charge in [-0.15, -0.1) is 0 Å². The molecule has 0 spiro atoms. The molecule has 0 aromatic carbocycles. The minimum atomic E-state index is 0.609. The Morgan fingerprint density at radius 1 is 1.32 bits per heavy atom. The van der Waals surface area contributed by atoms with E-state index in [2.05, 4.69) is 38.1 Å². The molecule has 19 heavy (non-hydrogen) atoms. The molecule has 2 heterocycles. The van der Waals surface area contributed by atoms with Crippen LogP contribution in [-0.2, 0) is 0 Å². The Morgan fingerprint density at radius 3 is 2.79 bits per heavy atom. The Morgan fingerprint density at radius 2 is 2.11 bits per heavy atom. The van der Waals surface area contributed by atoms with Crippen LogP contribution in [-0.4, -0.2) is 54.1 Å². The number of hydrogen-bond donors (Lipinski definition) is 1. The van der Waals surface area contributed by atoms with Crippen molar-refractivity contribution in [3.05, 3.63) is 12.4 Å². The quantitative estimate of drug-likeness (QED) is 0.850. The van der Waals surface area contributed by atoms with Gasteiger partial charge in [0.05, 0.1) is 6.07 Å². The maximum absolute atomic E-state index is 8.60. The molecule has 0 radical (unpaired) electrons. The van der Waals surface area contributed by atoms with Crippen LogP contribution in [0, 0.1) is 11.3 Å². The fraction of sp³-hybridized carbons (Fsp3) is 0.615. The van der Waals surface area contributed by atoms with Gasteiger partial charge in [-0.2, -0.15) is 5.26 Å². The standard InChI is InChI=1S/C13H20N6/c1-2-15-12-10-13(17-11-16-12)19-8-6-18(7-9-19)5-3-4-14/h10-11H,2-3,5-9H2,1H3,(H,15,16,17). The van der Waals surface area contributed by atoms with Crippen molar-refractivity contribution in [1.29, 1.82) is 5.26 Å². The molecule has 0 unspecified atom stereocenters. The average Bonchev–Trinajstić information content (AvgIpc) is 2.46. The highest BCUT2D eigenvalue weighted by Gasteiger charge is 2.17. The highest BCUT2D eigenvalue weighted by atomic mass is 15.3. The van der Waals surface area contributed by atoms with Gasteiger partial charge in [0, 0.05) is 51.8 Å². The molecule has 1 aliphatic heterocycles. The maximum Gasteiger partial charge on any atom is 0.134 e. The van der Waals surface area contributed by atoms with E-state index < -0.39 is 0 Å². The maximum atomic E-state index is 8.60. The Kier molecular flexibility index (Phi) is 4.93. The van der Waals surface area contributed by atoms with Gasteiger partial charge in [-0.3, -0.25) is 4.90 Å². The molecule has 6 nitrogen and oxygen atoms in total. The van der Waals surface area contributed by atoms with E-state index >= 15 is 0 Å². The predicted molar refractivity (Wildman–Crippen MR) is 75.1 cm³/mol. The van der Waals surface area contributed by atoms with Gasteiger partial charge in [0.25, 0.3) is 0 Å². The van der Waals surface area contributed by atoms with Gasteiger partial charge in [0.15, 0.2) is 0 Å². The molecule has 1 aliphatic rings. The fourth-order valence-electron chi connectivity index (χ4n) is 2.21. The number of nitrogens with one attached hydrogen (secondary N) is 1. The Hall–Kier alpha value is -1.87. The average molecular weight is 260 g/mol. The second kappa shape index (κ2) is 6.90. The van der Waals surface area contributed by atoms with Crippen LogP contribution in [0.3, 0.4) is 0 Å². The second-order valence-corrected chi connectivity index (χ2v) is 4.53. The number of aromatic nitrogens is 2. The number of hydrogen-bond acceptors (Lipinski definition) is 6. The Bertz CT molecular complexity index is 433. The molecule has 0 aliphatic carbocycles. The summed E-state index contributed by atoms with van der Waals surface area (Å²) in [5.41, 5.74) is 0. The lowest BCUT2D eigenvalue weighted by Crippen LogP contribution is -2.46. The molecular weight excluding hydrogens is 240 g/mol. The SMILES string of the molecule is CCNc1cc(N2CCN(CCC#N)CC2)ncn1. The van der Waals surface area contributed by atoms with Crippen LogP contribution in [0.4, 0.5) is 11.6 Å². The van der Waals surface area contributed by atoms with E-state index in [0.29, 0.717) is 6.42 Å². The first-order valence-electron chi connectivity index (χ1n) is 6.73. The first-order chi connectivity index (χ1) is 9.33. The molecule has 1 aromatic heterocycles. The Balaban J connectivity index is 1.90. The molecule has 6 heteroatoms. The first-order valence-corrected chi connectivity index (χ1v) is 6.73. The summed E-state index contributed by atoms with van der Waals surface area (Å²) in [6.45, 7) is 7.66. The van der Waals surface area contributed by atoms with Gasteiger partial charge in [-0.1, -0.05) is 0 Å². The number of rotatable bonds is 5. The first kappa shape index (κ1) is 13.6. The van der Waals surface area contributed by atoms with Crippen molar-refractivity contribution in [2.45, 2.75) is 13.3 Å². The van der Waals surface area contributed by atoms with E-state index in [1.54, 1.807) is 6.33 Å². The van der Waals surface area contributed by atoms with Crippen LogP contribution in [0.5, 0.6) is 0 Å². The normalized spacial score (nSPS) is 16.1. The summed E-state index contributed by atoms with van der Waals surface area (Å²) in [6, 6.07) is 4.19. The number of anilines is 2. The van der Waals surface area contributed by atoms with Crippen molar-refractivity contribution in [3.63, 3.8) is 0 Å². The van der Waals surface area contributed by atoms with Gasteiger partial charge in [-0.05, 0) is 6.92 Å². The van der Waals surface area contributed by atoms with Crippen LogP contribution in [0.1, 0.15) is 13.3 Å². The topological polar surface area (TPSA) is 68.1 Å². The fourth-order valence-corrected chi connectivity index (χ4v) is 2.21. The van der Waals surface area contributed by atoms with Gasteiger partial charge >= 0.3 is 0 Å². The zero-order valence-electron chi connectivity index (χ0n) is 11.3. The van der Waals surface area contributed by atoms with Crippen LogP contribution in [0.25, 0.3) is 0 Å². The third-order valence-electron chi connectivity index (χ3n) is 3.25. The van der Waals surface area contributed by atoms with Gasteiger partial charge in [0.1, 0.15) is 18.0 Å². The highest BCUT2D eigenvalue weighted by Crippen LogP contribution is 2.16. The van der Waals surface area contributed by atoms with Crippen LogP contribution >= 0.6 is 0 Å². The van der Waals surface area contributed by atoms with Crippen LogP contribution < -0.4 is 10.2 Å². The van der Waals surface area contributed by atoms with Gasteiger partial charge in [-0.25, -0.2) is 9.97 Å². The third-order valence-corrected chi connectivity index (χ3v) is 3.25. The Labute approximate surface area is 114 Å². The summed E-state index contributed by atoms with van der Waals surface area (Å²) in [5.74, 6) is 1.85. The minimum Gasteiger partial charge on any atom is -0.370 e. The lowest BCUT2D eigenvalue weighted by molar-refractivity contribution is 0.263. The number of nitrogens with zero attached hydrogens (tertiary/aromatic N) is 5.